The molecule has 190 valence electrons. The number of nitrogens with one attached hydrogen (secondary N) is 2. The summed E-state index contributed by atoms with van der Waals surface area (Å²) in [6, 6.07) is 9.87. The van der Waals surface area contributed by atoms with E-state index < -0.39 is 30.8 Å². The van der Waals surface area contributed by atoms with Crippen molar-refractivity contribution in [2.45, 2.75) is 18.8 Å². The second-order valence-corrected chi connectivity index (χ2v) is 7.73. The first kappa shape index (κ1) is 25.4. The van der Waals surface area contributed by atoms with Crippen molar-refractivity contribution in [3.05, 3.63) is 66.4 Å². The Morgan fingerprint density at radius 1 is 1.03 bits per heavy atom. The maximum Gasteiger partial charge on any atom is 0.451 e. The predicted octanol–water partition coefficient (Wildman–Crippen LogP) is 5.23. The minimum Gasteiger partial charge on any atom is -0.329 e. The molecule has 0 saturated carbocycles. The number of pyridine rings is 1. The Bertz CT molecular complexity index is 1500. The van der Waals surface area contributed by atoms with Crippen molar-refractivity contribution in [3.63, 3.8) is 0 Å². The normalized spacial score (nSPS) is 11.8. The van der Waals surface area contributed by atoms with E-state index >= 15 is 0 Å². The highest BCUT2D eigenvalue weighted by atomic mass is 19.4. The van der Waals surface area contributed by atoms with E-state index in [9.17, 15) is 31.1 Å². The summed E-state index contributed by atoms with van der Waals surface area (Å²) >= 11 is 0. The zero-order valence-corrected chi connectivity index (χ0v) is 18.5. The van der Waals surface area contributed by atoms with Crippen molar-refractivity contribution in [1.29, 1.82) is 5.26 Å². The fourth-order valence-electron chi connectivity index (χ4n) is 3.47. The lowest BCUT2D eigenvalue weighted by Gasteiger charge is -2.12. The summed E-state index contributed by atoms with van der Waals surface area (Å²) in [7, 11) is 0. The molecule has 4 aromatic rings. The van der Waals surface area contributed by atoms with Crippen LogP contribution in [0.4, 0.5) is 36.8 Å². The van der Waals surface area contributed by atoms with Crippen molar-refractivity contribution < 1.29 is 31.1 Å². The van der Waals surface area contributed by atoms with Crippen LogP contribution in [0.1, 0.15) is 11.4 Å². The van der Waals surface area contributed by atoms with Gasteiger partial charge in [0.05, 0.1) is 30.1 Å². The molecular formula is C23H15F6N7O. The zero-order chi connectivity index (χ0) is 26.8. The number of benzene rings is 1. The largest absolute Gasteiger partial charge is 0.451 e. The van der Waals surface area contributed by atoms with E-state index in [0.29, 0.717) is 28.0 Å². The minimum absolute atomic E-state index is 0.0389. The van der Waals surface area contributed by atoms with E-state index in [1.807, 2.05) is 6.07 Å². The van der Waals surface area contributed by atoms with Gasteiger partial charge < -0.3 is 10.6 Å². The van der Waals surface area contributed by atoms with Gasteiger partial charge in [-0.25, -0.2) is 19.7 Å². The monoisotopic (exact) mass is 519 g/mol. The number of imidazole rings is 1. The van der Waals surface area contributed by atoms with E-state index in [0.717, 1.165) is 6.20 Å². The third-order valence-electron chi connectivity index (χ3n) is 5.00. The van der Waals surface area contributed by atoms with Crippen LogP contribution in [0.3, 0.4) is 0 Å². The molecule has 0 aliphatic carbocycles. The molecule has 37 heavy (non-hydrogen) atoms. The highest BCUT2D eigenvalue weighted by Crippen LogP contribution is 2.30. The number of fused-ring (bicyclic) bond motifs is 1. The van der Waals surface area contributed by atoms with Gasteiger partial charge in [0.25, 0.3) is 0 Å². The number of carbonyl (C=O) groups excluding carboxylic acids is 1. The van der Waals surface area contributed by atoms with Crippen LogP contribution >= 0.6 is 0 Å². The van der Waals surface area contributed by atoms with Crippen LogP contribution in [-0.4, -0.2) is 38.1 Å². The zero-order valence-electron chi connectivity index (χ0n) is 18.5. The summed E-state index contributed by atoms with van der Waals surface area (Å²) in [5, 5.41) is 13.1. The van der Waals surface area contributed by atoms with Crippen molar-refractivity contribution in [3.8, 4) is 28.6 Å². The van der Waals surface area contributed by atoms with Gasteiger partial charge in [-0.15, -0.1) is 0 Å². The van der Waals surface area contributed by atoms with Gasteiger partial charge in [-0.05, 0) is 42.0 Å². The number of amides is 2. The first-order valence-electron chi connectivity index (χ1n) is 10.4. The SMILES string of the molecule is N#CCc1cc(NC(=O)NCC(F)(F)F)cc(-c2cnc3cc(-c4ccnc(C(F)(F)F)n4)ccn23)c1. The lowest BCUT2D eigenvalue weighted by molar-refractivity contribution is -0.144. The number of hydrogen-bond acceptors (Lipinski definition) is 5. The van der Waals surface area contributed by atoms with Crippen LogP contribution in [-0.2, 0) is 12.6 Å². The van der Waals surface area contributed by atoms with E-state index in [2.05, 4.69) is 20.3 Å². The minimum atomic E-state index is -4.70. The molecule has 14 heteroatoms. The number of carbonyl (C=O) groups is 1. The molecule has 0 bridgehead atoms. The number of rotatable bonds is 5. The Hall–Kier alpha value is -4.67. The lowest BCUT2D eigenvalue weighted by Crippen LogP contribution is -2.36. The van der Waals surface area contributed by atoms with Crippen LogP contribution in [0.15, 0.2) is 55.0 Å². The molecule has 0 radical (unpaired) electrons. The molecule has 2 amide bonds. The van der Waals surface area contributed by atoms with Gasteiger partial charge in [-0.2, -0.15) is 31.6 Å². The average Bonchev–Trinajstić information content (AvgIpc) is 3.25. The van der Waals surface area contributed by atoms with Crippen molar-refractivity contribution in [1.82, 2.24) is 24.7 Å². The molecule has 0 saturated heterocycles. The second-order valence-electron chi connectivity index (χ2n) is 7.73. The van der Waals surface area contributed by atoms with Crippen molar-refractivity contribution in [2.75, 3.05) is 11.9 Å². The molecule has 0 atom stereocenters. The molecule has 0 fully saturated rings. The highest BCUT2D eigenvalue weighted by molar-refractivity contribution is 5.90. The molecule has 3 heterocycles. The third kappa shape index (κ3) is 6.13. The summed E-state index contributed by atoms with van der Waals surface area (Å²) in [6.07, 6.45) is -5.29. The van der Waals surface area contributed by atoms with Crippen LogP contribution in [0.5, 0.6) is 0 Å². The predicted molar refractivity (Wildman–Crippen MR) is 119 cm³/mol. The molecule has 2 N–H and O–H groups in total. The first-order valence-corrected chi connectivity index (χ1v) is 10.4. The first-order chi connectivity index (χ1) is 17.4. The summed E-state index contributed by atoms with van der Waals surface area (Å²) in [6.45, 7) is -1.52. The quantitative estimate of drug-likeness (QED) is 0.351. The third-order valence-corrected chi connectivity index (χ3v) is 5.00. The fraction of sp³-hybridized carbons (Fsp3) is 0.174. The molecule has 0 spiro atoms. The van der Waals surface area contributed by atoms with E-state index in [4.69, 9.17) is 5.26 Å². The Kier molecular flexibility index (Phi) is 6.71. The number of halogens is 6. The average molecular weight is 519 g/mol. The number of aromatic nitrogens is 4. The number of nitrogens with zero attached hydrogens (tertiary/aromatic N) is 5. The second kappa shape index (κ2) is 9.76. The van der Waals surface area contributed by atoms with Crippen LogP contribution < -0.4 is 10.6 Å². The summed E-state index contributed by atoms with van der Waals surface area (Å²) < 4.78 is 77.7. The molecule has 0 aliphatic heterocycles. The molecule has 8 nitrogen and oxygen atoms in total. The summed E-state index contributed by atoms with van der Waals surface area (Å²) in [5.74, 6) is -1.28. The van der Waals surface area contributed by atoms with Crippen LogP contribution in [0, 0.1) is 11.3 Å². The maximum atomic E-state index is 13.0. The number of nitriles is 1. The smallest absolute Gasteiger partial charge is 0.329 e. The standard InChI is InChI=1S/C23H15F6N7O/c24-22(25,26)12-33-21(37)34-16-8-13(1-4-30)7-15(9-16)18-11-32-19-10-14(3-6-36(18)19)17-2-5-31-20(35-17)23(27,28)29/h2-3,5-11H,1,12H2,(H2,33,34,37). The molecule has 0 unspecified atom stereocenters. The van der Waals surface area contributed by atoms with Crippen molar-refractivity contribution >= 4 is 17.4 Å². The van der Waals surface area contributed by atoms with Gasteiger partial charge in [-0.3, -0.25) is 4.40 Å². The molecule has 4 rings (SSSR count). The topological polar surface area (TPSA) is 108 Å². The van der Waals surface area contributed by atoms with Crippen LogP contribution in [0.2, 0.25) is 0 Å². The van der Waals surface area contributed by atoms with Gasteiger partial charge in [0.1, 0.15) is 12.2 Å². The number of hydrogen-bond donors (Lipinski definition) is 2. The Balaban J connectivity index is 1.67. The maximum absolute atomic E-state index is 13.0. The van der Waals surface area contributed by atoms with E-state index in [1.165, 1.54) is 36.5 Å². The Morgan fingerprint density at radius 2 is 1.81 bits per heavy atom. The Labute approximate surface area is 204 Å². The van der Waals surface area contributed by atoms with E-state index in [-0.39, 0.29) is 17.8 Å². The highest BCUT2D eigenvalue weighted by Gasteiger charge is 2.34. The van der Waals surface area contributed by atoms with Gasteiger partial charge in [-0.1, -0.05) is 0 Å². The molecule has 1 aromatic carbocycles. The van der Waals surface area contributed by atoms with Crippen molar-refractivity contribution in [2.24, 2.45) is 0 Å². The van der Waals surface area contributed by atoms with Gasteiger partial charge in [0.15, 0.2) is 0 Å². The number of alkyl halides is 6. The van der Waals surface area contributed by atoms with Gasteiger partial charge in [0.2, 0.25) is 5.82 Å². The summed E-state index contributed by atoms with van der Waals surface area (Å²) in [5.41, 5.74) is 2.39. The number of urea groups is 1. The fourth-order valence-corrected chi connectivity index (χ4v) is 3.47. The van der Waals surface area contributed by atoms with E-state index in [1.54, 1.807) is 22.0 Å². The number of anilines is 1. The lowest BCUT2D eigenvalue weighted by atomic mass is 10.0. The molecule has 0 aliphatic rings. The molecular weight excluding hydrogens is 504 g/mol. The van der Waals surface area contributed by atoms with Gasteiger partial charge in [0, 0.05) is 29.2 Å². The van der Waals surface area contributed by atoms with Crippen LogP contribution in [0.25, 0.3) is 28.2 Å². The molecule has 3 aromatic heterocycles. The summed E-state index contributed by atoms with van der Waals surface area (Å²) in [4.78, 5) is 23.0. The van der Waals surface area contributed by atoms with Gasteiger partial charge >= 0.3 is 18.4 Å². The Morgan fingerprint density at radius 3 is 2.51 bits per heavy atom.